The van der Waals surface area contributed by atoms with E-state index in [9.17, 15) is 23.3 Å². The molecular formula is C12H14F3N3O3. The van der Waals surface area contributed by atoms with Crippen molar-refractivity contribution in [1.82, 2.24) is 10.3 Å². The quantitative estimate of drug-likeness (QED) is 0.667. The van der Waals surface area contributed by atoms with Gasteiger partial charge in [-0.05, 0) is 31.8 Å². The summed E-state index contributed by atoms with van der Waals surface area (Å²) >= 11 is 0. The highest BCUT2D eigenvalue weighted by atomic mass is 19.4. The van der Waals surface area contributed by atoms with E-state index in [2.05, 4.69) is 10.3 Å². The Balaban J connectivity index is 2.08. The van der Waals surface area contributed by atoms with Crippen LogP contribution in [-0.2, 0) is 6.18 Å². The number of ether oxygens (including phenoxy) is 1. The summed E-state index contributed by atoms with van der Waals surface area (Å²) in [4.78, 5) is 13.1. The summed E-state index contributed by atoms with van der Waals surface area (Å²) in [6, 6.07) is 0.574. The van der Waals surface area contributed by atoms with Crippen LogP contribution in [0, 0.1) is 16.0 Å². The molecular weight excluding hydrogens is 291 g/mol. The summed E-state index contributed by atoms with van der Waals surface area (Å²) in [5.41, 5.74) is -1.77. The Bertz CT molecular complexity index is 516. The lowest BCUT2D eigenvalue weighted by atomic mass is 10.1. The van der Waals surface area contributed by atoms with E-state index in [1.807, 2.05) is 0 Å². The van der Waals surface area contributed by atoms with E-state index < -0.39 is 28.2 Å². The summed E-state index contributed by atoms with van der Waals surface area (Å²) in [5.74, 6) is -0.0127. The summed E-state index contributed by atoms with van der Waals surface area (Å²) in [6.07, 6.45) is -2.48. The van der Waals surface area contributed by atoms with Crippen molar-refractivity contribution in [3.8, 4) is 5.75 Å². The number of aromatic nitrogens is 1. The fraction of sp³-hybridized carbons (Fsp3) is 0.583. The second-order valence-electron chi connectivity index (χ2n) is 4.79. The lowest BCUT2D eigenvalue weighted by Crippen LogP contribution is -2.13. The van der Waals surface area contributed by atoms with Crippen molar-refractivity contribution in [2.45, 2.75) is 19.0 Å². The van der Waals surface area contributed by atoms with Crippen LogP contribution in [0.3, 0.4) is 0 Å². The van der Waals surface area contributed by atoms with Gasteiger partial charge in [0.25, 0.3) is 0 Å². The molecule has 21 heavy (non-hydrogen) atoms. The van der Waals surface area contributed by atoms with Gasteiger partial charge in [-0.3, -0.25) is 10.1 Å². The number of nitrogens with zero attached hydrogens (tertiary/aromatic N) is 2. The van der Waals surface area contributed by atoms with Gasteiger partial charge in [0.15, 0.2) is 0 Å². The molecule has 1 saturated heterocycles. The predicted molar refractivity (Wildman–Crippen MR) is 67.0 cm³/mol. The van der Waals surface area contributed by atoms with E-state index in [0.717, 1.165) is 19.5 Å². The predicted octanol–water partition coefficient (Wildman–Crippen LogP) is 2.39. The van der Waals surface area contributed by atoms with E-state index in [-0.39, 0.29) is 6.61 Å². The first-order valence-corrected chi connectivity index (χ1v) is 6.43. The number of alkyl halides is 3. The molecule has 1 N–H and O–H groups in total. The van der Waals surface area contributed by atoms with Gasteiger partial charge in [-0.15, -0.1) is 0 Å². The Labute approximate surface area is 118 Å². The maximum Gasteiger partial charge on any atom is 0.433 e. The Kier molecular flexibility index (Phi) is 4.61. The van der Waals surface area contributed by atoms with Gasteiger partial charge in [0.1, 0.15) is 11.9 Å². The van der Waals surface area contributed by atoms with Crippen molar-refractivity contribution in [2.24, 2.45) is 5.92 Å². The number of nitrogens with one attached hydrogen (secondary N) is 1. The molecule has 0 saturated carbocycles. The normalized spacial score (nSPS) is 18.7. The average Bonchev–Trinajstić information content (AvgIpc) is 2.90. The van der Waals surface area contributed by atoms with Gasteiger partial charge in [0, 0.05) is 6.07 Å². The van der Waals surface area contributed by atoms with E-state index >= 15 is 0 Å². The molecule has 1 unspecified atom stereocenters. The Morgan fingerprint density at radius 3 is 2.86 bits per heavy atom. The lowest BCUT2D eigenvalue weighted by molar-refractivity contribution is -0.386. The van der Waals surface area contributed by atoms with Crippen LogP contribution in [0.1, 0.15) is 18.5 Å². The summed E-state index contributed by atoms with van der Waals surface area (Å²) in [7, 11) is 0. The first kappa shape index (κ1) is 15.5. The van der Waals surface area contributed by atoms with Crippen LogP contribution in [0.4, 0.5) is 18.9 Å². The van der Waals surface area contributed by atoms with Gasteiger partial charge in [0.05, 0.1) is 11.5 Å². The third-order valence-electron chi connectivity index (χ3n) is 3.28. The molecule has 9 heteroatoms. The number of rotatable bonds is 5. The van der Waals surface area contributed by atoms with E-state index in [0.29, 0.717) is 24.6 Å². The average molecular weight is 305 g/mol. The first-order valence-electron chi connectivity index (χ1n) is 6.43. The number of halogens is 3. The molecule has 0 amide bonds. The zero-order valence-electron chi connectivity index (χ0n) is 11.0. The second-order valence-corrected chi connectivity index (χ2v) is 4.79. The molecule has 6 nitrogen and oxygen atoms in total. The van der Waals surface area contributed by atoms with Crippen molar-refractivity contribution >= 4 is 5.69 Å². The molecule has 2 rings (SSSR count). The van der Waals surface area contributed by atoms with Gasteiger partial charge < -0.3 is 10.1 Å². The fourth-order valence-corrected chi connectivity index (χ4v) is 2.13. The minimum atomic E-state index is -4.66. The monoisotopic (exact) mass is 305 g/mol. The van der Waals surface area contributed by atoms with E-state index in [4.69, 9.17) is 4.74 Å². The van der Waals surface area contributed by atoms with Crippen molar-refractivity contribution < 1.29 is 22.8 Å². The maximum absolute atomic E-state index is 12.6. The van der Waals surface area contributed by atoms with E-state index in [1.165, 1.54) is 0 Å². The van der Waals surface area contributed by atoms with Gasteiger partial charge in [0.2, 0.25) is 5.75 Å². The Hall–Kier alpha value is -1.90. The topological polar surface area (TPSA) is 77.3 Å². The molecule has 0 spiro atoms. The molecule has 1 aliphatic heterocycles. The van der Waals surface area contributed by atoms with E-state index in [1.54, 1.807) is 0 Å². The minimum Gasteiger partial charge on any atom is -0.487 e. The largest absolute Gasteiger partial charge is 0.487 e. The molecule has 1 atom stereocenters. The fourth-order valence-electron chi connectivity index (χ4n) is 2.13. The molecule has 0 aliphatic carbocycles. The summed E-state index contributed by atoms with van der Waals surface area (Å²) in [5, 5.41) is 14.0. The summed E-state index contributed by atoms with van der Waals surface area (Å²) < 4.78 is 42.9. The third kappa shape index (κ3) is 4.03. The van der Waals surface area contributed by atoms with Crippen molar-refractivity contribution in [3.63, 3.8) is 0 Å². The van der Waals surface area contributed by atoms with Crippen LogP contribution in [0.15, 0.2) is 12.3 Å². The Morgan fingerprint density at radius 2 is 2.29 bits per heavy atom. The maximum atomic E-state index is 12.6. The second kappa shape index (κ2) is 6.25. The van der Waals surface area contributed by atoms with Crippen LogP contribution >= 0.6 is 0 Å². The van der Waals surface area contributed by atoms with Crippen molar-refractivity contribution in [3.05, 3.63) is 28.1 Å². The molecule has 1 aromatic heterocycles. The molecule has 1 aromatic rings. The number of pyridine rings is 1. The number of hydrogen-bond donors (Lipinski definition) is 1. The highest BCUT2D eigenvalue weighted by Gasteiger charge is 2.34. The SMILES string of the molecule is O=[N+]([O-])c1cnc(C(F)(F)F)cc1OCCC1CCNC1. The van der Waals surface area contributed by atoms with Gasteiger partial charge in [-0.2, -0.15) is 13.2 Å². The molecule has 1 fully saturated rings. The molecule has 0 bridgehead atoms. The first-order chi connectivity index (χ1) is 9.88. The van der Waals surface area contributed by atoms with Gasteiger partial charge >= 0.3 is 11.9 Å². The van der Waals surface area contributed by atoms with Gasteiger partial charge in [-0.1, -0.05) is 0 Å². The highest BCUT2D eigenvalue weighted by Crippen LogP contribution is 2.34. The molecule has 0 radical (unpaired) electrons. The lowest BCUT2D eigenvalue weighted by Gasteiger charge is -2.12. The molecule has 2 heterocycles. The molecule has 116 valence electrons. The molecule has 0 aromatic carbocycles. The Morgan fingerprint density at radius 1 is 1.52 bits per heavy atom. The third-order valence-corrected chi connectivity index (χ3v) is 3.28. The van der Waals surface area contributed by atoms with Crippen molar-refractivity contribution in [1.29, 1.82) is 0 Å². The summed E-state index contributed by atoms with van der Waals surface area (Å²) in [6.45, 7) is 1.86. The number of nitro groups is 1. The van der Waals surface area contributed by atoms with Crippen LogP contribution in [0.25, 0.3) is 0 Å². The zero-order chi connectivity index (χ0) is 15.5. The van der Waals surface area contributed by atoms with Crippen LogP contribution in [-0.4, -0.2) is 29.6 Å². The van der Waals surface area contributed by atoms with Crippen LogP contribution in [0.2, 0.25) is 0 Å². The number of hydrogen-bond acceptors (Lipinski definition) is 5. The van der Waals surface area contributed by atoms with Crippen molar-refractivity contribution in [2.75, 3.05) is 19.7 Å². The van der Waals surface area contributed by atoms with Crippen LogP contribution in [0.5, 0.6) is 5.75 Å². The smallest absolute Gasteiger partial charge is 0.433 e. The standard InChI is InChI=1S/C12H14F3N3O3/c13-12(14,15)11-5-10(9(7-17-11)18(19)20)21-4-2-8-1-3-16-6-8/h5,7-8,16H,1-4,6H2. The zero-order valence-corrected chi connectivity index (χ0v) is 11.0. The van der Waals surface area contributed by atoms with Gasteiger partial charge in [-0.25, -0.2) is 4.98 Å². The van der Waals surface area contributed by atoms with Crippen LogP contribution < -0.4 is 10.1 Å². The highest BCUT2D eigenvalue weighted by molar-refractivity contribution is 5.45. The molecule has 1 aliphatic rings. The minimum absolute atomic E-state index is 0.133.